The van der Waals surface area contributed by atoms with Gasteiger partial charge in [0.15, 0.2) is 0 Å². The van der Waals surface area contributed by atoms with Crippen molar-refractivity contribution in [3.05, 3.63) is 0 Å². The van der Waals surface area contributed by atoms with E-state index in [2.05, 4.69) is 33.1 Å². The van der Waals surface area contributed by atoms with Gasteiger partial charge in [-0.3, -0.25) is 4.79 Å². The third kappa shape index (κ3) is 3.58. The molecule has 0 saturated carbocycles. The van der Waals surface area contributed by atoms with Gasteiger partial charge < -0.3 is 10.2 Å². The molecule has 1 unspecified atom stereocenters. The van der Waals surface area contributed by atoms with E-state index >= 15 is 0 Å². The summed E-state index contributed by atoms with van der Waals surface area (Å²) >= 11 is 3.27. The fourth-order valence-electron chi connectivity index (χ4n) is 1.71. The highest BCUT2D eigenvalue weighted by atomic mass is 79.9. The molecular weight excluding hydrogens is 244 g/mol. The summed E-state index contributed by atoms with van der Waals surface area (Å²) in [5.41, 5.74) is 0. The van der Waals surface area contributed by atoms with E-state index in [1.165, 1.54) is 0 Å². The van der Waals surface area contributed by atoms with Gasteiger partial charge in [0, 0.05) is 19.1 Å². The van der Waals surface area contributed by atoms with Gasteiger partial charge in [0.1, 0.15) is 0 Å². The second-order valence-electron chi connectivity index (χ2n) is 3.83. The molecule has 4 heteroatoms. The average Bonchev–Trinajstić information content (AvgIpc) is 2.19. The van der Waals surface area contributed by atoms with Crippen LogP contribution in [-0.2, 0) is 4.79 Å². The third-order valence-electron chi connectivity index (χ3n) is 2.74. The van der Waals surface area contributed by atoms with Crippen molar-refractivity contribution in [1.29, 1.82) is 0 Å². The summed E-state index contributed by atoms with van der Waals surface area (Å²) in [4.78, 5) is 13.7. The molecule has 0 aromatic heterocycles. The molecule has 1 rings (SSSR count). The maximum atomic E-state index is 11.4. The van der Waals surface area contributed by atoms with E-state index in [4.69, 9.17) is 0 Å². The van der Waals surface area contributed by atoms with Crippen LogP contribution in [0.2, 0.25) is 0 Å². The molecule has 0 bridgehead atoms. The van der Waals surface area contributed by atoms with Gasteiger partial charge in [0.25, 0.3) is 0 Å². The highest BCUT2D eigenvalue weighted by molar-refractivity contribution is 9.10. The van der Waals surface area contributed by atoms with E-state index in [1.54, 1.807) is 0 Å². The number of halogens is 1. The molecule has 1 aliphatic heterocycles. The van der Waals surface area contributed by atoms with Crippen molar-refractivity contribution in [1.82, 2.24) is 10.2 Å². The summed E-state index contributed by atoms with van der Waals surface area (Å²) in [5, 5.41) is 3.05. The minimum absolute atomic E-state index is 0.0771. The molecule has 0 radical (unpaired) electrons. The molecule has 1 fully saturated rings. The first-order valence-corrected chi connectivity index (χ1v) is 6.22. The largest absolute Gasteiger partial charge is 0.352 e. The van der Waals surface area contributed by atoms with Crippen LogP contribution in [-0.4, -0.2) is 41.3 Å². The van der Waals surface area contributed by atoms with Crippen molar-refractivity contribution >= 4 is 21.8 Å². The van der Waals surface area contributed by atoms with Crippen LogP contribution in [0.5, 0.6) is 0 Å². The molecule has 1 atom stereocenters. The Morgan fingerprint density at radius 3 is 2.57 bits per heavy atom. The molecule has 14 heavy (non-hydrogen) atoms. The lowest BCUT2D eigenvalue weighted by atomic mass is 10.1. The SMILES string of the molecule is CCN1CCC(NC(=O)C(C)Br)CC1. The van der Waals surface area contributed by atoms with Crippen molar-refractivity contribution < 1.29 is 4.79 Å². The lowest BCUT2D eigenvalue weighted by molar-refractivity contribution is -0.121. The molecule has 1 amide bonds. The zero-order valence-electron chi connectivity index (χ0n) is 8.92. The number of likely N-dealkylation sites (tertiary alicyclic amines) is 1. The van der Waals surface area contributed by atoms with Crippen LogP contribution in [0, 0.1) is 0 Å². The van der Waals surface area contributed by atoms with Crippen LogP contribution >= 0.6 is 15.9 Å². The fourth-order valence-corrected chi connectivity index (χ4v) is 1.84. The number of piperidine rings is 1. The molecule has 1 heterocycles. The second kappa shape index (κ2) is 5.71. The number of hydrogen-bond acceptors (Lipinski definition) is 2. The second-order valence-corrected chi connectivity index (χ2v) is 5.21. The van der Waals surface area contributed by atoms with E-state index in [1.807, 2.05) is 6.92 Å². The van der Waals surface area contributed by atoms with E-state index in [9.17, 15) is 4.79 Å². The molecule has 0 aliphatic carbocycles. The smallest absolute Gasteiger partial charge is 0.233 e. The summed E-state index contributed by atoms with van der Waals surface area (Å²) in [7, 11) is 0. The normalized spacial score (nSPS) is 21.9. The van der Waals surface area contributed by atoms with Gasteiger partial charge in [-0.1, -0.05) is 22.9 Å². The minimum atomic E-state index is -0.0771. The lowest BCUT2D eigenvalue weighted by Gasteiger charge is -2.31. The van der Waals surface area contributed by atoms with E-state index in [0.717, 1.165) is 32.5 Å². The fraction of sp³-hybridized carbons (Fsp3) is 0.900. The number of carbonyl (C=O) groups excluding carboxylic acids is 1. The van der Waals surface area contributed by atoms with Crippen LogP contribution in [0.4, 0.5) is 0 Å². The Bertz CT molecular complexity index is 189. The first kappa shape index (κ1) is 12.0. The molecule has 0 spiro atoms. The van der Waals surface area contributed by atoms with Gasteiger partial charge >= 0.3 is 0 Å². The number of amides is 1. The maximum absolute atomic E-state index is 11.4. The minimum Gasteiger partial charge on any atom is -0.352 e. The van der Waals surface area contributed by atoms with Crippen molar-refractivity contribution in [2.75, 3.05) is 19.6 Å². The van der Waals surface area contributed by atoms with Crippen molar-refractivity contribution in [3.8, 4) is 0 Å². The first-order valence-electron chi connectivity index (χ1n) is 5.30. The maximum Gasteiger partial charge on any atom is 0.233 e. The Morgan fingerprint density at radius 1 is 1.57 bits per heavy atom. The highest BCUT2D eigenvalue weighted by Gasteiger charge is 2.20. The van der Waals surface area contributed by atoms with Crippen LogP contribution in [0.25, 0.3) is 0 Å². The molecule has 82 valence electrons. The molecule has 1 aliphatic rings. The zero-order valence-corrected chi connectivity index (χ0v) is 10.5. The van der Waals surface area contributed by atoms with Crippen LogP contribution in [0.3, 0.4) is 0 Å². The monoisotopic (exact) mass is 262 g/mol. The lowest BCUT2D eigenvalue weighted by Crippen LogP contribution is -2.46. The molecule has 1 saturated heterocycles. The number of nitrogens with zero attached hydrogens (tertiary/aromatic N) is 1. The summed E-state index contributed by atoms with van der Waals surface area (Å²) < 4.78 is 0. The first-order chi connectivity index (χ1) is 6.63. The molecule has 0 aromatic carbocycles. The molecule has 3 nitrogen and oxygen atoms in total. The predicted molar refractivity (Wildman–Crippen MR) is 61.7 cm³/mol. The van der Waals surface area contributed by atoms with Gasteiger partial charge in [-0.25, -0.2) is 0 Å². The topological polar surface area (TPSA) is 32.3 Å². The summed E-state index contributed by atoms with van der Waals surface area (Å²) in [6.07, 6.45) is 2.17. The van der Waals surface area contributed by atoms with Gasteiger partial charge in [-0.2, -0.15) is 0 Å². The van der Waals surface area contributed by atoms with Crippen LogP contribution < -0.4 is 5.32 Å². The molecule has 0 aromatic rings. The summed E-state index contributed by atoms with van der Waals surface area (Å²) in [6, 6.07) is 0.380. The van der Waals surface area contributed by atoms with Crippen molar-refractivity contribution in [2.24, 2.45) is 0 Å². The van der Waals surface area contributed by atoms with Gasteiger partial charge in [0.2, 0.25) is 5.91 Å². The van der Waals surface area contributed by atoms with E-state index in [-0.39, 0.29) is 10.7 Å². The average molecular weight is 263 g/mol. The highest BCUT2D eigenvalue weighted by Crippen LogP contribution is 2.10. The number of nitrogens with one attached hydrogen (secondary N) is 1. The van der Waals surface area contributed by atoms with E-state index in [0.29, 0.717) is 6.04 Å². The van der Waals surface area contributed by atoms with Crippen molar-refractivity contribution in [3.63, 3.8) is 0 Å². The number of alkyl halides is 1. The summed E-state index contributed by atoms with van der Waals surface area (Å²) in [5.74, 6) is 0.111. The van der Waals surface area contributed by atoms with Crippen LogP contribution in [0.1, 0.15) is 26.7 Å². The van der Waals surface area contributed by atoms with Gasteiger partial charge in [-0.15, -0.1) is 0 Å². The van der Waals surface area contributed by atoms with E-state index < -0.39 is 0 Å². The number of rotatable bonds is 3. The van der Waals surface area contributed by atoms with Gasteiger partial charge in [-0.05, 0) is 26.3 Å². The quantitative estimate of drug-likeness (QED) is 0.780. The Kier molecular flexibility index (Phi) is 4.89. The number of hydrogen-bond donors (Lipinski definition) is 1. The number of carbonyl (C=O) groups is 1. The van der Waals surface area contributed by atoms with Crippen LogP contribution in [0.15, 0.2) is 0 Å². The Balaban J connectivity index is 2.25. The third-order valence-corrected chi connectivity index (χ3v) is 3.16. The predicted octanol–water partition coefficient (Wildman–Crippen LogP) is 1.37. The zero-order chi connectivity index (χ0) is 10.6. The van der Waals surface area contributed by atoms with Gasteiger partial charge in [0.05, 0.1) is 4.83 Å². The Labute approximate surface area is 94.4 Å². The Hall–Kier alpha value is -0.0900. The molecular formula is C10H19BrN2O. The summed E-state index contributed by atoms with van der Waals surface area (Å²) in [6.45, 7) is 7.38. The molecule has 1 N–H and O–H groups in total. The Morgan fingerprint density at radius 2 is 2.14 bits per heavy atom. The standard InChI is InChI=1S/C10H19BrN2O/c1-3-13-6-4-9(5-7-13)12-10(14)8(2)11/h8-9H,3-7H2,1-2H3,(H,12,14). The van der Waals surface area contributed by atoms with Crippen molar-refractivity contribution in [2.45, 2.75) is 37.6 Å².